The standard InChI is InChI=1S/C13H10.C9H8/c1-3-7-12-10(5-1)9-11-6-2-4-8-13(11)12;1-2-5-9-7-3-6-8(9)4-1/h1-8H,9H2;1-6H,7H2. The van der Waals surface area contributed by atoms with Crippen molar-refractivity contribution >= 4 is 6.08 Å². The second-order valence-corrected chi connectivity index (χ2v) is 5.80. The molecule has 0 atom stereocenters. The molecule has 3 aromatic rings. The summed E-state index contributed by atoms with van der Waals surface area (Å²) in [7, 11) is 0. The second kappa shape index (κ2) is 5.65. The van der Waals surface area contributed by atoms with E-state index < -0.39 is 0 Å². The number of hydrogen-bond donors (Lipinski definition) is 0. The van der Waals surface area contributed by atoms with E-state index in [2.05, 4.69) is 84.9 Å². The Bertz CT molecular complexity index is 796. The van der Waals surface area contributed by atoms with Gasteiger partial charge in [0.05, 0.1) is 0 Å². The molecule has 0 heterocycles. The van der Waals surface area contributed by atoms with Crippen molar-refractivity contribution in [1.82, 2.24) is 0 Å². The Balaban J connectivity index is 0.000000122. The smallest absolute Gasteiger partial charge is 0.00135 e. The Hall–Kier alpha value is -2.60. The quantitative estimate of drug-likeness (QED) is 0.399. The maximum absolute atomic E-state index is 2.22. The summed E-state index contributed by atoms with van der Waals surface area (Å²) in [4.78, 5) is 0. The van der Waals surface area contributed by atoms with Gasteiger partial charge in [-0.3, -0.25) is 0 Å². The third kappa shape index (κ3) is 2.37. The van der Waals surface area contributed by atoms with Crippen molar-refractivity contribution in [2.24, 2.45) is 0 Å². The molecule has 0 saturated carbocycles. The van der Waals surface area contributed by atoms with E-state index in [1.165, 1.54) is 33.4 Å². The highest BCUT2D eigenvalue weighted by Crippen LogP contribution is 2.35. The lowest BCUT2D eigenvalue weighted by molar-refractivity contribution is 1.26. The molecule has 0 fully saturated rings. The average molecular weight is 282 g/mol. The first-order valence-electron chi connectivity index (χ1n) is 7.82. The van der Waals surface area contributed by atoms with Crippen molar-refractivity contribution in [2.45, 2.75) is 12.8 Å². The van der Waals surface area contributed by atoms with E-state index in [9.17, 15) is 0 Å². The van der Waals surface area contributed by atoms with E-state index >= 15 is 0 Å². The zero-order valence-corrected chi connectivity index (χ0v) is 12.5. The first-order chi connectivity index (χ1) is 10.9. The molecule has 0 bridgehead atoms. The first kappa shape index (κ1) is 13.1. The lowest BCUT2D eigenvalue weighted by Gasteiger charge is -1.98. The molecule has 0 aromatic heterocycles. The molecule has 0 aliphatic heterocycles. The van der Waals surface area contributed by atoms with Gasteiger partial charge in [0.15, 0.2) is 0 Å². The fourth-order valence-corrected chi connectivity index (χ4v) is 3.28. The van der Waals surface area contributed by atoms with E-state index in [0.29, 0.717) is 0 Å². The van der Waals surface area contributed by atoms with E-state index in [4.69, 9.17) is 0 Å². The van der Waals surface area contributed by atoms with Gasteiger partial charge in [-0.25, -0.2) is 0 Å². The van der Waals surface area contributed by atoms with Gasteiger partial charge in [0, 0.05) is 0 Å². The summed E-state index contributed by atoms with van der Waals surface area (Å²) in [6, 6.07) is 25.8. The summed E-state index contributed by atoms with van der Waals surface area (Å²) in [5, 5.41) is 0. The van der Waals surface area contributed by atoms with Gasteiger partial charge in [-0.2, -0.15) is 0 Å². The van der Waals surface area contributed by atoms with Crippen LogP contribution in [0.4, 0.5) is 0 Å². The van der Waals surface area contributed by atoms with Crippen molar-refractivity contribution in [3.05, 3.63) is 101 Å². The van der Waals surface area contributed by atoms with Crippen molar-refractivity contribution in [1.29, 1.82) is 0 Å². The van der Waals surface area contributed by atoms with Gasteiger partial charge in [-0.05, 0) is 46.2 Å². The molecule has 0 N–H and O–H groups in total. The van der Waals surface area contributed by atoms with Crippen LogP contribution in [0.2, 0.25) is 0 Å². The van der Waals surface area contributed by atoms with Crippen LogP contribution in [-0.4, -0.2) is 0 Å². The Morgan fingerprint density at radius 1 is 0.545 bits per heavy atom. The summed E-state index contributed by atoms with van der Waals surface area (Å²) >= 11 is 0. The van der Waals surface area contributed by atoms with Gasteiger partial charge in [-0.1, -0.05) is 84.9 Å². The molecular formula is C22H18. The molecule has 0 saturated heterocycles. The molecule has 106 valence electrons. The van der Waals surface area contributed by atoms with E-state index in [1.54, 1.807) is 0 Å². The maximum atomic E-state index is 2.22. The number of hydrogen-bond acceptors (Lipinski definition) is 0. The maximum Gasteiger partial charge on any atom is -0.00135 e. The molecule has 3 aromatic carbocycles. The normalized spacial score (nSPS) is 12.9. The van der Waals surface area contributed by atoms with Gasteiger partial charge in [0.25, 0.3) is 0 Å². The largest absolute Gasteiger partial charge is 0.0795 e. The minimum absolute atomic E-state index is 1.10. The van der Waals surface area contributed by atoms with E-state index in [-0.39, 0.29) is 0 Å². The zero-order valence-electron chi connectivity index (χ0n) is 12.5. The number of benzene rings is 3. The molecule has 0 radical (unpaired) electrons. The van der Waals surface area contributed by atoms with E-state index in [1.807, 2.05) is 0 Å². The third-order valence-electron chi connectivity index (χ3n) is 4.40. The van der Waals surface area contributed by atoms with Crippen LogP contribution in [0, 0.1) is 0 Å². The molecule has 5 rings (SSSR count). The van der Waals surface area contributed by atoms with Crippen LogP contribution in [0.3, 0.4) is 0 Å². The zero-order chi connectivity index (χ0) is 14.8. The Kier molecular flexibility index (Phi) is 3.36. The molecule has 0 amide bonds. The second-order valence-electron chi connectivity index (χ2n) is 5.80. The number of fused-ring (bicyclic) bond motifs is 4. The van der Waals surface area contributed by atoms with Crippen molar-refractivity contribution in [3.8, 4) is 11.1 Å². The molecular weight excluding hydrogens is 264 g/mol. The van der Waals surface area contributed by atoms with Crippen LogP contribution in [0.1, 0.15) is 22.3 Å². The van der Waals surface area contributed by atoms with Gasteiger partial charge in [-0.15, -0.1) is 0 Å². The average Bonchev–Trinajstić information content (AvgIpc) is 3.19. The first-order valence-corrected chi connectivity index (χ1v) is 7.82. The van der Waals surface area contributed by atoms with Crippen molar-refractivity contribution < 1.29 is 0 Å². The molecule has 0 unspecified atom stereocenters. The Labute approximate surface area is 131 Å². The van der Waals surface area contributed by atoms with Crippen LogP contribution in [0.15, 0.2) is 78.9 Å². The topological polar surface area (TPSA) is 0 Å². The Morgan fingerprint density at radius 3 is 1.73 bits per heavy atom. The van der Waals surface area contributed by atoms with Crippen LogP contribution < -0.4 is 0 Å². The Morgan fingerprint density at radius 2 is 1.09 bits per heavy atom. The summed E-state index contributed by atoms with van der Waals surface area (Å²) in [5.74, 6) is 0. The van der Waals surface area contributed by atoms with Crippen molar-refractivity contribution in [2.75, 3.05) is 0 Å². The van der Waals surface area contributed by atoms with E-state index in [0.717, 1.165) is 12.8 Å². The minimum atomic E-state index is 1.10. The monoisotopic (exact) mass is 282 g/mol. The number of rotatable bonds is 0. The van der Waals surface area contributed by atoms with Gasteiger partial charge in [0.2, 0.25) is 0 Å². The summed E-state index contributed by atoms with van der Waals surface area (Å²) in [5.41, 5.74) is 8.60. The van der Waals surface area contributed by atoms with Crippen LogP contribution in [0.25, 0.3) is 17.2 Å². The highest BCUT2D eigenvalue weighted by Gasteiger charge is 2.15. The lowest BCUT2D eigenvalue weighted by Crippen LogP contribution is -1.77. The predicted molar refractivity (Wildman–Crippen MR) is 93.9 cm³/mol. The van der Waals surface area contributed by atoms with Crippen LogP contribution in [-0.2, 0) is 12.8 Å². The molecule has 0 heteroatoms. The number of allylic oxidation sites excluding steroid dienone is 1. The summed E-state index contributed by atoms with van der Waals surface area (Å²) < 4.78 is 0. The van der Waals surface area contributed by atoms with Gasteiger partial charge < -0.3 is 0 Å². The summed E-state index contributed by atoms with van der Waals surface area (Å²) in [6.07, 6.45) is 6.60. The van der Waals surface area contributed by atoms with Crippen LogP contribution in [0.5, 0.6) is 0 Å². The molecule has 0 spiro atoms. The highest BCUT2D eigenvalue weighted by atomic mass is 14.2. The third-order valence-corrected chi connectivity index (χ3v) is 4.40. The minimum Gasteiger partial charge on any atom is -0.0795 e. The summed E-state index contributed by atoms with van der Waals surface area (Å²) in [6.45, 7) is 0. The molecule has 2 aliphatic rings. The van der Waals surface area contributed by atoms with Gasteiger partial charge in [0.1, 0.15) is 0 Å². The molecule has 2 aliphatic carbocycles. The molecule has 22 heavy (non-hydrogen) atoms. The highest BCUT2D eigenvalue weighted by molar-refractivity contribution is 5.76. The molecule has 0 nitrogen and oxygen atoms in total. The van der Waals surface area contributed by atoms with Crippen LogP contribution >= 0.6 is 0 Å². The predicted octanol–water partition coefficient (Wildman–Crippen LogP) is 5.51. The fourth-order valence-electron chi connectivity index (χ4n) is 3.28. The SMILES string of the molecule is C1=Cc2ccccc2C1.c1ccc2c(c1)Cc1ccccc1-2. The van der Waals surface area contributed by atoms with Crippen molar-refractivity contribution in [3.63, 3.8) is 0 Å². The fraction of sp³-hybridized carbons (Fsp3) is 0.0909. The lowest BCUT2D eigenvalue weighted by atomic mass is 10.1. The van der Waals surface area contributed by atoms with Gasteiger partial charge >= 0.3 is 0 Å².